The fourth-order valence-electron chi connectivity index (χ4n) is 3.68. The van der Waals surface area contributed by atoms with Gasteiger partial charge in [-0.25, -0.2) is 19.2 Å². The Kier molecular flexibility index (Phi) is 6.42. The lowest BCUT2D eigenvalue weighted by molar-refractivity contribution is 0.0690. The van der Waals surface area contributed by atoms with E-state index in [1.54, 1.807) is 29.6 Å². The second-order valence-electron chi connectivity index (χ2n) is 7.51. The number of anilines is 2. The molecule has 4 N–H and O–H groups in total. The Bertz CT molecular complexity index is 1140. The molecule has 0 unspecified atom stereocenters. The highest BCUT2D eigenvalue weighted by Gasteiger charge is 2.24. The molecule has 10 heteroatoms. The predicted octanol–water partition coefficient (Wildman–Crippen LogP) is 3.47. The Balaban J connectivity index is 1.54. The van der Waals surface area contributed by atoms with Gasteiger partial charge in [-0.15, -0.1) is 11.3 Å². The molecule has 1 amide bonds. The number of carboxylic acids is 1. The van der Waals surface area contributed by atoms with Crippen LogP contribution in [0.3, 0.4) is 0 Å². The maximum atomic E-state index is 14.7. The highest BCUT2D eigenvalue weighted by molar-refractivity contribution is 7.13. The third-order valence-electron chi connectivity index (χ3n) is 5.42. The number of carbonyl (C=O) groups is 2. The van der Waals surface area contributed by atoms with Crippen LogP contribution in [0.5, 0.6) is 0 Å². The number of para-hydroxylation sites is 1. The molecule has 3 heterocycles. The van der Waals surface area contributed by atoms with Gasteiger partial charge < -0.3 is 21.1 Å². The molecule has 4 rings (SSSR count). The molecule has 1 aliphatic rings. The Labute approximate surface area is 187 Å². The number of aromatic nitrogens is 2. The number of nitrogens with one attached hydrogen (secondary N) is 1. The van der Waals surface area contributed by atoms with E-state index in [1.807, 2.05) is 4.90 Å². The summed E-state index contributed by atoms with van der Waals surface area (Å²) in [6.07, 6.45) is 1.74. The lowest BCUT2D eigenvalue weighted by Gasteiger charge is -2.34. The quantitative estimate of drug-likeness (QED) is 0.520. The molecule has 32 heavy (non-hydrogen) atoms. The summed E-state index contributed by atoms with van der Waals surface area (Å²) in [4.78, 5) is 34.3. The number of carbonyl (C=O) groups excluding carboxylic acids is 1. The van der Waals surface area contributed by atoms with Gasteiger partial charge in [-0.05, 0) is 49.6 Å². The van der Waals surface area contributed by atoms with E-state index >= 15 is 0 Å². The first-order chi connectivity index (χ1) is 15.5. The van der Waals surface area contributed by atoms with Crippen molar-refractivity contribution in [3.8, 4) is 10.7 Å². The number of hydrogen-bond donors (Lipinski definition) is 3. The number of nitrogens with zero attached hydrogens (tertiary/aromatic N) is 3. The van der Waals surface area contributed by atoms with Gasteiger partial charge in [0.2, 0.25) is 0 Å². The molecule has 2 aromatic heterocycles. The number of hydrogen-bond acceptors (Lipinski definition) is 7. The number of nitrogens with two attached hydrogens (primary N) is 1. The average molecular weight is 456 g/mol. The zero-order valence-electron chi connectivity index (χ0n) is 17.1. The number of thiazole rings is 1. The maximum Gasteiger partial charge on any atom is 0.354 e. The van der Waals surface area contributed by atoms with Crippen molar-refractivity contribution in [2.24, 2.45) is 11.7 Å². The van der Waals surface area contributed by atoms with E-state index in [2.05, 4.69) is 15.3 Å². The lowest BCUT2D eigenvalue weighted by Crippen LogP contribution is -2.37. The van der Waals surface area contributed by atoms with E-state index in [-0.39, 0.29) is 11.4 Å². The van der Waals surface area contributed by atoms with E-state index in [1.165, 1.54) is 23.5 Å². The van der Waals surface area contributed by atoms with Gasteiger partial charge in [0.1, 0.15) is 22.2 Å². The van der Waals surface area contributed by atoms with Crippen LogP contribution in [0, 0.1) is 11.7 Å². The van der Waals surface area contributed by atoms with Gasteiger partial charge >= 0.3 is 5.97 Å². The number of aromatic carboxylic acids is 1. The van der Waals surface area contributed by atoms with Crippen LogP contribution in [0.25, 0.3) is 10.7 Å². The molecule has 0 aliphatic carbocycles. The van der Waals surface area contributed by atoms with Gasteiger partial charge in [0.25, 0.3) is 5.91 Å². The fourth-order valence-corrected chi connectivity index (χ4v) is 4.45. The van der Waals surface area contributed by atoms with E-state index in [9.17, 15) is 14.0 Å². The van der Waals surface area contributed by atoms with Crippen LogP contribution in [-0.4, -0.2) is 46.6 Å². The summed E-state index contributed by atoms with van der Waals surface area (Å²) in [5.41, 5.74) is 6.90. The van der Waals surface area contributed by atoms with Crippen molar-refractivity contribution in [1.82, 2.24) is 9.97 Å². The van der Waals surface area contributed by atoms with Crippen LogP contribution in [-0.2, 0) is 0 Å². The molecule has 0 bridgehead atoms. The van der Waals surface area contributed by atoms with Crippen molar-refractivity contribution in [3.05, 3.63) is 59.0 Å². The average Bonchev–Trinajstić information content (AvgIpc) is 3.30. The summed E-state index contributed by atoms with van der Waals surface area (Å²) in [6.45, 7) is 1.95. The summed E-state index contributed by atoms with van der Waals surface area (Å²) < 4.78 is 14.7. The first kappa shape index (κ1) is 21.8. The van der Waals surface area contributed by atoms with Crippen molar-refractivity contribution >= 4 is 34.6 Å². The highest BCUT2D eigenvalue weighted by atomic mass is 32.1. The van der Waals surface area contributed by atoms with Crippen molar-refractivity contribution < 1.29 is 19.1 Å². The summed E-state index contributed by atoms with van der Waals surface area (Å²) >= 11 is 1.18. The largest absolute Gasteiger partial charge is 0.477 e. The van der Waals surface area contributed by atoms with Gasteiger partial charge in [-0.3, -0.25) is 4.79 Å². The summed E-state index contributed by atoms with van der Waals surface area (Å²) in [6, 6.07) is 9.17. The Morgan fingerprint density at radius 1 is 1.16 bits per heavy atom. The molecule has 1 fully saturated rings. The molecule has 0 saturated carbocycles. The highest BCUT2D eigenvalue weighted by Crippen LogP contribution is 2.33. The molecule has 1 aliphatic heterocycles. The summed E-state index contributed by atoms with van der Waals surface area (Å²) in [5, 5.41) is 13.9. The summed E-state index contributed by atoms with van der Waals surface area (Å²) in [7, 11) is 0. The van der Waals surface area contributed by atoms with Crippen molar-refractivity contribution in [2.45, 2.75) is 12.8 Å². The molecule has 8 nitrogen and oxygen atoms in total. The van der Waals surface area contributed by atoms with Gasteiger partial charge in [-0.2, -0.15) is 0 Å². The van der Waals surface area contributed by atoms with Crippen LogP contribution in [0.1, 0.15) is 33.8 Å². The van der Waals surface area contributed by atoms with Crippen LogP contribution in [0.15, 0.2) is 41.8 Å². The van der Waals surface area contributed by atoms with Gasteiger partial charge in [-0.1, -0.05) is 12.1 Å². The third kappa shape index (κ3) is 4.61. The minimum atomic E-state index is -1.14. The van der Waals surface area contributed by atoms with Gasteiger partial charge in [0, 0.05) is 18.5 Å². The molecular formula is C22H22FN5O3S. The Hall–Kier alpha value is -3.37. The van der Waals surface area contributed by atoms with E-state index in [4.69, 9.17) is 10.8 Å². The predicted molar refractivity (Wildman–Crippen MR) is 121 cm³/mol. The smallest absolute Gasteiger partial charge is 0.354 e. The molecule has 1 aromatic carbocycles. The number of rotatable bonds is 6. The molecule has 0 radical (unpaired) electrons. The van der Waals surface area contributed by atoms with E-state index in [0.717, 1.165) is 12.8 Å². The van der Waals surface area contributed by atoms with Crippen LogP contribution >= 0.6 is 11.3 Å². The summed E-state index contributed by atoms with van der Waals surface area (Å²) in [5.74, 6) is -1.60. The number of halogens is 1. The Morgan fingerprint density at radius 2 is 1.91 bits per heavy atom. The standard InChI is InChI=1S/C22H22FN5O3S/c23-14-3-1-4-15(19(14)28-9-7-13(11-24)8-10-28)26-20(29)18-12-32-21(27-18)16-5-2-6-17(25-16)22(30)31/h1-6,12-13H,7-11,24H2,(H,26,29)(H,30,31). The number of benzene rings is 1. The van der Waals surface area contributed by atoms with Crippen molar-refractivity contribution in [1.29, 1.82) is 0 Å². The number of piperidine rings is 1. The van der Waals surface area contributed by atoms with E-state index < -0.39 is 17.7 Å². The second-order valence-corrected chi connectivity index (χ2v) is 8.37. The minimum absolute atomic E-state index is 0.105. The first-order valence-electron chi connectivity index (χ1n) is 10.2. The molecule has 166 valence electrons. The molecular weight excluding hydrogens is 433 g/mol. The second kappa shape index (κ2) is 9.41. The zero-order chi connectivity index (χ0) is 22.7. The number of pyridine rings is 1. The number of amides is 1. The Morgan fingerprint density at radius 3 is 2.62 bits per heavy atom. The molecule has 0 atom stereocenters. The van der Waals surface area contributed by atoms with Crippen LogP contribution in [0.4, 0.5) is 15.8 Å². The maximum absolute atomic E-state index is 14.7. The normalized spacial score (nSPS) is 14.4. The fraction of sp³-hybridized carbons (Fsp3) is 0.273. The molecule has 1 saturated heterocycles. The van der Waals surface area contributed by atoms with E-state index in [0.29, 0.717) is 47.6 Å². The molecule has 0 spiro atoms. The zero-order valence-corrected chi connectivity index (χ0v) is 17.9. The third-order valence-corrected chi connectivity index (χ3v) is 6.29. The van der Waals surface area contributed by atoms with Gasteiger partial charge in [0.05, 0.1) is 17.1 Å². The van der Waals surface area contributed by atoms with Crippen LogP contribution < -0.4 is 16.0 Å². The lowest BCUT2D eigenvalue weighted by atomic mass is 9.96. The monoisotopic (exact) mass is 455 g/mol. The van der Waals surface area contributed by atoms with Gasteiger partial charge in [0.15, 0.2) is 0 Å². The SMILES string of the molecule is NCC1CCN(c2c(F)cccc2NC(=O)c2csc(-c3cccc(C(=O)O)n3)n2)CC1. The first-order valence-corrected chi connectivity index (χ1v) is 11.1. The topological polar surface area (TPSA) is 121 Å². The van der Waals surface area contributed by atoms with Crippen molar-refractivity contribution in [3.63, 3.8) is 0 Å². The number of carboxylic acid groups (broad SMARTS) is 1. The van der Waals surface area contributed by atoms with Crippen molar-refractivity contribution in [2.75, 3.05) is 29.9 Å². The minimum Gasteiger partial charge on any atom is -0.477 e. The van der Waals surface area contributed by atoms with Crippen LogP contribution in [0.2, 0.25) is 0 Å². The molecule has 3 aromatic rings.